The number of carbonyl (C=O) groups is 7. The van der Waals surface area contributed by atoms with Crippen LogP contribution < -0.4 is 26.8 Å². The lowest BCUT2D eigenvalue weighted by Crippen LogP contribution is -2.61. The quantitative estimate of drug-likeness (QED) is 0.0101. The van der Waals surface area contributed by atoms with Crippen LogP contribution in [-0.2, 0) is 96.8 Å². The first kappa shape index (κ1) is 105. The summed E-state index contributed by atoms with van der Waals surface area (Å²) < 4.78 is 102. The van der Waals surface area contributed by atoms with E-state index in [-0.39, 0.29) is 92.0 Å². The minimum absolute atomic E-state index is 0.0170. The zero-order valence-corrected chi connectivity index (χ0v) is 76.8. The van der Waals surface area contributed by atoms with E-state index in [0.29, 0.717) is 217 Å². The number of nitrogen functional groups attached to an aromatic ring is 1. The molecule has 5 heterocycles. The number of hydrogen-bond donors (Lipinski definition) is 6. The van der Waals surface area contributed by atoms with Crippen LogP contribution in [0.3, 0.4) is 0 Å². The van der Waals surface area contributed by atoms with Crippen LogP contribution in [0.5, 0.6) is 5.75 Å². The first-order valence-corrected chi connectivity index (χ1v) is 46.0. The van der Waals surface area contributed by atoms with Crippen molar-refractivity contribution >= 4 is 58.9 Å². The molecule has 2 saturated heterocycles. The third-order valence-corrected chi connectivity index (χ3v) is 24.8. The molecule has 0 spiro atoms. The molecule has 127 heavy (non-hydrogen) atoms. The zero-order valence-electron chi connectivity index (χ0n) is 76.0. The van der Waals surface area contributed by atoms with Crippen molar-refractivity contribution in [2.75, 3.05) is 171 Å². The van der Waals surface area contributed by atoms with Crippen LogP contribution >= 0.6 is 11.8 Å². The Morgan fingerprint density at radius 2 is 1.35 bits per heavy atom. The van der Waals surface area contributed by atoms with Gasteiger partial charge in [-0.05, 0) is 174 Å². The molecule has 4 aliphatic heterocycles. The first-order chi connectivity index (χ1) is 61.2. The maximum Gasteiger partial charge on any atom is 0.407 e. The molecule has 31 nitrogen and oxygen atoms in total. The van der Waals surface area contributed by atoms with Crippen LogP contribution in [0.2, 0.25) is 0 Å². The Hall–Kier alpha value is -7.68. The Kier molecular flexibility index (Phi) is 46.3. The van der Waals surface area contributed by atoms with E-state index >= 15 is 4.39 Å². The molecule has 3 fully saturated rings. The smallest absolute Gasteiger partial charge is 0.407 e. The number of Topliss-reactive ketones (excluding diaryl/α,β-unsaturated/α-hetero) is 2. The zero-order chi connectivity index (χ0) is 91.6. The number of aliphatic hydroxyl groups excluding tert-OH is 1. The molecule has 2 aromatic carbocycles. The van der Waals surface area contributed by atoms with Crippen LogP contribution in [0.1, 0.15) is 153 Å². The number of halogens is 1. The molecule has 0 radical (unpaired) electrons. The number of nitrogens with one attached hydrogen (secondary N) is 2. The number of aliphatic hydroxyl groups is 2. The summed E-state index contributed by atoms with van der Waals surface area (Å²) in [4.78, 5) is 104. The molecule has 8 N–H and O–H groups in total. The molecule has 3 aromatic rings. The predicted molar refractivity (Wildman–Crippen MR) is 476 cm³/mol. The second kappa shape index (κ2) is 56.1. The van der Waals surface area contributed by atoms with E-state index in [2.05, 4.69) is 15.6 Å². The van der Waals surface area contributed by atoms with E-state index < -0.39 is 102 Å². The SMILES string of the molecule is CO[C@H]1C[C@@H]2CC[C@@H](C)[C@@](O)(O2)C(=O)C(=O)N2CCCC[C@H]2C(=O)O[C@H]([C@H](N)C[C@@H]2CC[C@@H](OC(=O)NCCOCCOCCOCCOCCOCCOCCOCCOCCC(=O)NCCSc3ccc(C(=O)N4CCOc5ccc(-c6ccc(N)nc6)cc5C4)c(C)c3F)[C@H](OC)C2)CC[C@H](C)/C=C(\C)[C@@H](O)[C@@H](OC)C(=O)[C@H](C)C[C@H](C)/C=C/C=C/C=C/1C. The molecule has 708 valence electrons. The van der Waals surface area contributed by atoms with Gasteiger partial charge in [0.1, 0.15) is 54.4 Å². The molecule has 1 saturated carbocycles. The van der Waals surface area contributed by atoms with Gasteiger partial charge in [-0.2, -0.15) is 0 Å². The summed E-state index contributed by atoms with van der Waals surface area (Å²) in [5.74, 6) is -6.35. The number of hydrogen-bond acceptors (Lipinski definition) is 28. The van der Waals surface area contributed by atoms with Gasteiger partial charge in [0.15, 0.2) is 5.78 Å². The van der Waals surface area contributed by atoms with Gasteiger partial charge in [0.2, 0.25) is 11.7 Å². The van der Waals surface area contributed by atoms with Crippen molar-refractivity contribution in [1.82, 2.24) is 25.4 Å². The number of rotatable bonds is 40. The lowest BCUT2D eigenvalue weighted by atomic mass is 9.80. The molecule has 33 heteroatoms. The van der Waals surface area contributed by atoms with Gasteiger partial charge in [-0.25, -0.2) is 19.0 Å². The van der Waals surface area contributed by atoms with E-state index in [4.69, 9.17) is 82.5 Å². The minimum atomic E-state index is -2.46. The summed E-state index contributed by atoms with van der Waals surface area (Å²) in [6, 6.07) is 10.8. The normalized spacial score (nSPS) is 26.8. The van der Waals surface area contributed by atoms with Gasteiger partial charge in [0, 0.05) is 112 Å². The summed E-state index contributed by atoms with van der Waals surface area (Å²) in [5, 5.41) is 29.4. The fourth-order valence-electron chi connectivity index (χ4n) is 16.3. The maximum atomic E-state index is 15.7. The summed E-state index contributed by atoms with van der Waals surface area (Å²) in [6.45, 7) is 19.8. The number of thioether (sulfide) groups is 1. The number of esters is 1. The van der Waals surface area contributed by atoms with Gasteiger partial charge < -0.3 is 113 Å². The van der Waals surface area contributed by atoms with Crippen LogP contribution in [-0.4, -0.2) is 293 Å². The number of pyridine rings is 1. The van der Waals surface area contributed by atoms with Crippen molar-refractivity contribution in [3.05, 3.63) is 119 Å². The topological polar surface area (TPSA) is 394 Å². The van der Waals surface area contributed by atoms with Crippen molar-refractivity contribution in [1.29, 1.82) is 0 Å². The van der Waals surface area contributed by atoms with E-state index in [1.807, 2.05) is 88.4 Å². The second-order valence-corrected chi connectivity index (χ2v) is 34.6. The number of fused-ring (bicyclic) bond motifs is 4. The van der Waals surface area contributed by atoms with Crippen LogP contribution in [0, 0.1) is 42.3 Å². The molecular formula is C94H140FN7O24S. The van der Waals surface area contributed by atoms with Gasteiger partial charge >= 0.3 is 12.1 Å². The molecule has 4 amide bonds. The fourth-order valence-corrected chi connectivity index (χ4v) is 17.2. The number of nitrogens with two attached hydrogens (primary N) is 2. The number of methoxy groups -OCH3 is 3. The van der Waals surface area contributed by atoms with Gasteiger partial charge in [-0.3, -0.25) is 24.0 Å². The number of carbonyl (C=O) groups excluding carboxylic acids is 7. The number of alkyl carbamates (subject to hydrolysis) is 1. The molecule has 1 aromatic heterocycles. The number of nitrogens with zero attached hydrogens (tertiary/aromatic N) is 3. The lowest BCUT2D eigenvalue weighted by molar-refractivity contribution is -0.265. The van der Waals surface area contributed by atoms with Crippen LogP contribution in [0.15, 0.2) is 101 Å². The molecular weight excluding hydrogens is 1660 g/mol. The highest BCUT2D eigenvalue weighted by atomic mass is 32.2. The fraction of sp³-hybridized carbons (Fsp3) is 0.660. The lowest BCUT2D eigenvalue weighted by Gasteiger charge is -2.42. The van der Waals surface area contributed by atoms with Crippen molar-refractivity contribution in [3.8, 4) is 16.9 Å². The second-order valence-electron chi connectivity index (χ2n) is 33.4. The van der Waals surface area contributed by atoms with Gasteiger partial charge in [-0.15, -0.1) is 11.8 Å². The molecule has 0 unspecified atom stereocenters. The summed E-state index contributed by atoms with van der Waals surface area (Å²) in [6.07, 6.45) is 13.1. The Morgan fingerprint density at radius 1 is 0.685 bits per heavy atom. The summed E-state index contributed by atoms with van der Waals surface area (Å²) in [7, 11) is 4.55. The van der Waals surface area contributed by atoms with Gasteiger partial charge in [-0.1, -0.05) is 70.2 Å². The molecule has 8 rings (SSSR count). The van der Waals surface area contributed by atoms with Crippen LogP contribution in [0.4, 0.5) is 15.0 Å². The monoisotopic (exact) mass is 1800 g/mol. The molecule has 2 bridgehead atoms. The maximum absolute atomic E-state index is 15.7. The highest BCUT2D eigenvalue weighted by molar-refractivity contribution is 7.99. The number of amides is 4. The minimum Gasteiger partial charge on any atom is -0.491 e. The van der Waals surface area contributed by atoms with Crippen LogP contribution in [0.25, 0.3) is 11.1 Å². The highest BCUT2D eigenvalue weighted by Crippen LogP contribution is 2.39. The van der Waals surface area contributed by atoms with Gasteiger partial charge in [0.05, 0.1) is 131 Å². The highest BCUT2D eigenvalue weighted by Gasteiger charge is 2.53. The van der Waals surface area contributed by atoms with Gasteiger partial charge in [0.25, 0.3) is 17.6 Å². The Labute approximate surface area is 752 Å². The third kappa shape index (κ3) is 34.2. The molecule has 15 atom stereocenters. The van der Waals surface area contributed by atoms with Crippen molar-refractivity contribution < 1.29 is 119 Å². The number of piperidine rings is 1. The number of aromatic nitrogens is 1. The summed E-state index contributed by atoms with van der Waals surface area (Å²) in [5.41, 5.74) is 17.5. The third-order valence-electron chi connectivity index (χ3n) is 23.8. The van der Waals surface area contributed by atoms with Crippen molar-refractivity contribution in [2.24, 2.45) is 35.3 Å². The number of allylic oxidation sites excluding steroid dienone is 6. The van der Waals surface area contributed by atoms with E-state index in [1.165, 1.54) is 23.8 Å². The number of benzene rings is 2. The predicted octanol–water partition coefficient (Wildman–Crippen LogP) is 9.98. The van der Waals surface area contributed by atoms with E-state index in [9.17, 15) is 43.8 Å². The Bertz CT molecular complexity index is 4030. The van der Waals surface area contributed by atoms with Crippen molar-refractivity contribution in [2.45, 2.75) is 210 Å². The molecule has 1 aliphatic carbocycles. The number of anilines is 1. The average molecular weight is 1800 g/mol. The Morgan fingerprint density at radius 3 is 1.99 bits per heavy atom. The standard InChI is InChI=1S/C94H140FN7O24S/c1-62-16-12-11-13-17-64(3)80(112-8)59-73-24-20-67(6)94(111,126-73)89(106)91(108)102-34-15-14-18-76(102)92(109)124-78(26-19-63(2)55-66(5)87(105)88(114-10)86(104)65(4)54-62)75(96)56-69-21-27-79(81(57-69)113-9)125-93(110)99-32-37-116-40-42-118-44-46-120-48-50-122-52-51-121-49-47-119-45-43-117-41-39-115-36-31-84(103)98-33-53-127-82-29-25-74(68(7)85(82)95)90(107)101-35-38-123-77-28-22-70(58-72(77)61-101)71-23-30-83(97)100-60-71/h11-13,16-17,22-23,25,28-30,55,58,60,62-63,65,67,69,73,75-76,78-81,87-88,105,111H,14-15,18-21,24,26-27,31-54,56-57,59,61,96H2,1-10H3,(H2,97,100)(H,98,103)(H,99,110)/b13-11+,16-12+,64-17+,66-55+/t62-,63+,65-,67-,69+,73+,75-,76+,78+,79-,80+,81-,87-,88+,94-/m1/s1. The van der Waals surface area contributed by atoms with E-state index in [1.54, 1.807) is 64.3 Å². The number of ether oxygens (including phenoxy) is 15. The molecule has 5 aliphatic rings. The largest absolute Gasteiger partial charge is 0.491 e. The van der Waals surface area contributed by atoms with E-state index in [0.717, 1.165) is 22.3 Å². The number of cyclic esters (lactones) is 1. The van der Waals surface area contributed by atoms with Crippen molar-refractivity contribution in [3.63, 3.8) is 0 Å². The Balaban J connectivity index is 0.634. The number of ketones is 2. The average Bonchev–Trinajstić information content (AvgIpc) is 0.829. The summed E-state index contributed by atoms with van der Waals surface area (Å²) >= 11 is 1.26. The first-order valence-electron chi connectivity index (χ1n) is 45.0.